The molecule has 142 valence electrons. The lowest BCUT2D eigenvalue weighted by atomic mass is 10.0. The topological polar surface area (TPSA) is 68.8 Å². The van der Waals surface area contributed by atoms with Gasteiger partial charge in [-0.2, -0.15) is 0 Å². The number of halogens is 1. The van der Waals surface area contributed by atoms with E-state index >= 15 is 0 Å². The molecule has 3 rings (SSSR count). The zero-order chi connectivity index (χ0) is 20.1. The van der Waals surface area contributed by atoms with Crippen LogP contribution in [0.25, 0.3) is 21.8 Å². The molecule has 3 aromatic rings. The zero-order valence-electron chi connectivity index (χ0n) is 15.4. The molecule has 28 heavy (non-hydrogen) atoms. The molecule has 7 heteroatoms. The third-order valence-corrected chi connectivity index (χ3v) is 5.19. The smallest absolute Gasteiger partial charge is 0.123 e. The van der Waals surface area contributed by atoms with Crippen LogP contribution in [0.5, 0.6) is 0 Å². The molecule has 1 aromatic carbocycles. The van der Waals surface area contributed by atoms with Crippen molar-refractivity contribution in [1.82, 2.24) is 19.9 Å². The molecule has 2 aromatic heterocycles. The Hall–Kier alpha value is -3.09. The highest BCUT2D eigenvalue weighted by Crippen LogP contribution is 2.31. The van der Waals surface area contributed by atoms with Gasteiger partial charge in [0.25, 0.3) is 0 Å². The van der Waals surface area contributed by atoms with Crippen molar-refractivity contribution in [2.45, 2.75) is 0 Å². The van der Waals surface area contributed by atoms with Crippen LogP contribution >= 0.6 is 22.9 Å². The van der Waals surface area contributed by atoms with E-state index in [0.717, 1.165) is 27.4 Å². The molecule has 0 atom stereocenters. The van der Waals surface area contributed by atoms with Crippen molar-refractivity contribution in [3.05, 3.63) is 95.8 Å². The van der Waals surface area contributed by atoms with Crippen LogP contribution in [0.4, 0.5) is 0 Å². The number of rotatable bonds is 7. The first-order valence-electron chi connectivity index (χ1n) is 8.42. The molecule has 0 spiro atoms. The Kier molecular flexibility index (Phi) is 6.13. The Balaban J connectivity index is 1.84. The summed E-state index contributed by atoms with van der Waals surface area (Å²) in [5.74, 6) is 0.442. The summed E-state index contributed by atoms with van der Waals surface area (Å²) in [6, 6.07) is 5.82. The van der Waals surface area contributed by atoms with Crippen LogP contribution < -0.4 is 11.1 Å². The lowest BCUT2D eigenvalue weighted by Gasteiger charge is -2.10. The van der Waals surface area contributed by atoms with Gasteiger partial charge in [-0.3, -0.25) is 0 Å². The minimum atomic E-state index is 0.442. The van der Waals surface area contributed by atoms with Crippen LogP contribution in [0.1, 0.15) is 11.3 Å². The van der Waals surface area contributed by atoms with E-state index in [1.165, 1.54) is 0 Å². The van der Waals surface area contributed by atoms with Crippen molar-refractivity contribution in [2.75, 3.05) is 0 Å². The summed E-state index contributed by atoms with van der Waals surface area (Å²) in [7, 11) is 1.89. The highest BCUT2D eigenvalue weighted by molar-refractivity contribution is 7.13. The van der Waals surface area contributed by atoms with E-state index in [1.807, 2.05) is 41.3 Å². The summed E-state index contributed by atoms with van der Waals surface area (Å²) in [5.41, 5.74) is 10.3. The summed E-state index contributed by atoms with van der Waals surface area (Å²) in [4.78, 5) is 8.43. The van der Waals surface area contributed by atoms with Crippen molar-refractivity contribution in [1.29, 1.82) is 0 Å². The first kappa shape index (κ1) is 19.7. The molecule has 5 nitrogen and oxygen atoms in total. The zero-order valence-corrected chi connectivity index (χ0v) is 17.0. The van der Waals surface area contributed by atoms with Crippen molar-refractivity contribution in [3.63, 3.8) is 0 Å². The SMILES string of the molecule is C=C/C(=C\C=C(/N)NC(=C)c1cncn1C)c1cc(-c2nccs2)ccc1Cl. The van der Waals surface area contributed by atoms with E-state index in [1.54, 1.807) is 42.2 Å². The largest absolute Gasteiger partial charge is 0.385 e. The molecule has 0 unspecified atom stereocenters. The van der Waals surface area contributed by atoms with Gasteiger partial charge in [-0.15, -0.1) is 11.3 Å². The molecule has 0 saturated heterocycles. The third-order valence-electron chi connectivity index (χ3n) is 4.04. The summed E-state index contributed by atoms with van der Waals surface area (Å²) in [6.45, 7) is 7.90. The molecule has 2 heterocycles. The van der Waals surface area contributed by atoms with Gasteiger partial charge >= 0.3 is 0 Å². The van der Waals surface area contributed by atoms with Gasteiger partial charge in [-0.05, 0) is 23.8 Å². The molecule has 3 N–H and O–H groups in total. The van der Waals surface area contributed by atoms with Crippen molar-refractivity contribution >= 4 is 34.2 Å². The fraction of sp³-hybridized carbons (Fsp3) is 0.0476. The van der Waals surface area contributed by atoms with Crippen LogP contribution in [0.2, 0.25) is 5.02 Å². The van der Waals surface area contributed by atoms with Gasteiger partial charge in [0.2, 0.25) is 0 Å². The van der Waals surface area contributed by atoms with E-state index in [9.17, 15) is 0 Å². The van der Waals surface area contributed by atoms with Gasteiger partial charge < -0.3 is 15.6 Å². The average Bonchev–Trinajstić information content (AvgIpc) is 3.35. The highest BCUT2D eigenvalue weighted by atomic mass is 35.5. The molecule has 0 aliphatic carbocycles. The summed E-state index contributed by atoms with van der Waals surface area (Å²) >= 11 is 8.00. The normalized spacial score (nSPS) is 12.1. The lowest BCUT2D eigenvalue weighted by Crippen LogP contribution is -2.19. The molecule has 0 aliphatic heterocycles. The summed E-state index contributed by atoms with van der Waals surface area (Å²) in [6.07, 6.45) is 10.6. The van der Waals surface area contributed by atoms with E-state index in [2.05, 4.69) is 28.4 Å². The van der Waals surface area contributed by atoms with E-state index in [0.29, 0.717) is 16.5 Å². The van der Waals surface area contributed by atoms with Crippen molar-refractivity contribution in [2.24, 2.45) is 12.8 Å². The number of aromatic nitrogens is 3. The molecule has 0 bridgehead atoms. The Bertz CT molecular complexity index is 1060. The fourth-order valence-electron chi connectivity index (χ4n) is 2.62. The number of imidazole rings is 1. The molecular weight excluding hydrogens is 390 g/mol. The van der Waals surface area contributed by atoms with E-state index in [-0.39, 0.29) is 0 Å². The van der Waals surface area contributed by atoms with Crippen LogP contribution in [0.15, 0.2) is 79.5 Å². The van der Waals surface area contributed by atoms with Gasteiger partial charge in [0, 0.05) is 34.8 Å². The minimum absolute atomic E-state index is 0.442. The van der Waals surface area contributed by atoms with Crippen molar-refractivity contribution in [3.8, 4) is 10.6 Å². The predicted octanol–water partition coefficient (Wildman–Crippen LogP) is 4.83. The number of hydrogen-bond donors (Lipinski definition) is 2. The number of allylic oxidation sites excluding steroid dienone is 4. The fourth-order valence-corrected chi connectivity index (χ4v) is 3.48. The molecule has 0 radical (unpaired) electrons. The maximum absolute atomic E-state index is 6.42. The first-order valence-corrected chi connectivity index (χ1v) is 9.67. The number of benzene rings is 1. The number of hydrogen-bond acceptors (Lipinski definition) is 5. The number of thiazole rings is 1. The molecule has 0 aliphatic rings. The molecule has 0 fully saturated rings. The highest BCUT2D eigenvalue weighted by Gasteiger charge is 2.08. The van der Waals surface area contributed by atoms with Crippen LogP contribution in [-0.2, 0) is 7.05 Å². The van der Waals surface area contributed by atoms with Crippen LogP contribution in [0, 0.1) is 0 Å². The van der Waals surface area contributed by atoms with Crippen LogP contribution in [-0.4, -0.2) is 14.5 Å². The molecular formula is C21H20ClN5S. The number of nitrogens with one attached hydrogen (secondary N) is 1. The standard InChI is InChI=1S/C21H20ClN5S/c1-4-15(6-8-20(23)26-14(2)19-12-24-13-27(19)3)17-11-16(5-7-18(17)22)21-25-9-10-28-21/h4-13,26H,1-2,23H2,3H3/b15-6+,20-8+. The molecule has 0 saturated carbocycles. The minimum Gasteiger partial charge on any atom is -0.385 e. The second-order valence-electron chi connectivity index (χ2n) is 5.97. The van der Waals surface area contributed by atoms with Gasteiger partial charge in [-0.25, -0.2) is 9.97 Å². The number of nitrogens with two attached hydrogens (primary N) is 1. The first-order chi connectivity index (χ1) is 13.5. The van der Waals surface area contributed by atoms with E-state index in [4.69, 9.17) is 17.3 Å². The summed E-state index contributed by atoms with van der Waals surface area (Å²) in [5, 5.41) is 6.57. The predicted molar refractivity (Wildman–Crippen MR) is 118 cm³/mol. The third kappa shape index (κ3) is 4.42. The van der Waals surface area contributed by atoms with E-state index < -0.39 is 0 Å². The van der Waals surface area contributed by atoms with Crippen molar-refractivity contribution < 1.29 is 0 Å². The van der Waals surface area contributed by atoms with Gasteiger partial charge in [0.15, 0.2) is 0 Å². The number of aryl methyl sites for hydroxylation is 1. The Morgan fingerprint density at radius 2 is 2.18 bits per heavy atom. The molecule has 0 amide bonds. The Labute approximate surface area is 173 Å². The monoisotopic (exact) mass is 409 g/mol. The van der Waals surface area contributed by atoms with Gasteiger partial charge in [0.1, 0.15) is 10.8 Å². The van der Waals surface area contributed by atoms with Crippen LogP contribution in [0.3, 0.4) is 0 Å². The van der Waals surface area contributed by atoms with Gasteiger partial charge in [-0.1, -0.05) is 43.0 Å². The Morgan fingerprint density at radius 1 is 1.36 bits per heavy atom. The second kappa shape index (κ2) is 8.73. The number of nitrogens with zero attached hydrogens (tertiary/aromatic N) is 3. The average molecular weight is 410 g/mol. The maximum Gasteiger partial charge on any atom is 0.123 e. The quantitative estimate of drug-likeness (QED) is 0.548. The van der Waals surface area contributed by atoms with Gasteiger partial charge in [0.05, 0.1) is 23.9 Å². The summed E-state index contributed by atoms with van der Waals surface area (Å²) < 4.78 is 1.86. The lowest BCUT2D eigenvalue weighted by molar-refractivity contribution is 0.881. The Morgan fingerprint density at radius 3 is 2.82 bits per heavy atom. The second-order valence-corrected chi connectivity index (χ2v) is 7.28. The maximum atomic E-state index is 6.42.